The average molecular weight is 358 g/mol. The molecule has 2 rings (SSSR count). The Balaban J connectivity index is 1.71. The van der Waals surface area contributed by atoms with Crippen molar-refractivity contribution in [2.75, 3.05) is 18.4 Å². The molecule has 0 radical (unpaired) electrons. The topological polar surface area (TPSA) is 41.1 Å². The molecular formula is C16H15Cl3N2O. The Morgan fingerprint density at radius 2 is 1.68 bits per heavy atom. The molecule has 0 bridgehead atoms. The standard InChI is InChI=1S/C16H15Cl3N2O/c17-12-3-1-11(2-4-12)7-8-20-16(22)10-21-13-5-6-14(18)15(19)9-13/h1-6,9,21H,7-8,10H2,(H,20,22). The highest BCUT2D eigenvalue weighted by Crippen LogP contribution is 2.24. The zero-order chi connectivity index (χ0) is 15.9. The van der Waals surface area contributed by atoms with E-state index in [9.17, 15) is 4.79 Å². The molecule has 0 fully saturated rings. The number of rotatable bonds is 6. The van der Waals surface area contributed by atoms with Crippen LogP contribution < -0.4 is 10.6 Å². The number of hydrogen-bond donors (Lipinski definition) is 2. The summed E-state index contributed by atoms with van der Waals surface area (Å²) in [7, 11) is 0. The van der Waals surface area contributed by atoms with Crippen molar-refractivity contribution in [3.63, 3.8) is 0 Å². The minimum absolute atomic E-state index is 0.0833. The first kappa shape index (κ1) is 16.9. The van der Waals surface area contributed by atoms with Gasteiger partial charge in [0.2, 0.25) is 5.91 Å². The molecule has 6 heteroatoms. The van der Waals surface area contributed by atoms with Crippen LogP contribution in [0.4, 0.5) is 5.69 Å². The summed E-state index contributed by atoms with van der Waals surface area (Å²) in [6, 6.07) is 12.7. The van der Waals surface area contributed by atoms with Crippen molar-refractivity contribution in [1.29, 1.82) is 0 Å². The number of carbonyl (C=O) groups is 1. The molecule has 2 aromatic rings. The van der Waals surface area contributed by atoms with Gasteiger partial charge in [-0.05, 0) is 42.3 Å². The van der Waals surface area contributed by atoms with Crippen LogP contribution in [0.5, 0.6) is 0 Å². The molecule has 0 aromatic heterocycles. The van der Waals surface area contributed by atoms with E-state index in [1.807, 2.05) is 24.3 Å². The molecule has 22 heavy (non-hydrogen) atoms. The van der Waals surface area contributed by atoms with E-state index in [4.69, 9.17) is 34.8 Å². The second-order valence-electron chi connectivity index (χ2n) is 4.71. The van der Waals surface area contributed by atoms with Crippen molar-refractivity contribution in [2.45, 2.75) is 6.42 Å². The maximum atomic E-state index is 11.8. The minimum Gasteiger partial charge on any atom is -0.376 e. The van der Waals surface area contributed by atoms with Crippen LogP contribution in [0, 0.1) is 0 Å². The van der Waals surface area contributed by atoms with E-state index < -0.39 is 0 Å². The largest absolute Gasteiger partial charge is 0.376 e. The van der Waals surface area contributed by atoms with E-state index in [2.05, 4.69) is 10.6 Å². The fourth-order valence-corrected chi connectivity index (χ4v) is 2.27. The fourth-order valence-electron chi connectivity index (χ4n) is 1.85. The lowest BCUT2D eigenvalue weighted by Gasteiger charge is -2.08. The molecule has 0 heterocycles. The maximum Gasteiger partial charge on any atom is 0.239 e. The third-order valence-corrected chi connectivity index (χ3v) is 4.01. The highest BCUT2D eigenvalue weighted by Gasteiger charge is 2.03. The number of hydrogen-bond acceptors (Lipinski definition) is 2. The molecule has 0 unspecified atom stereocenters. The Hall–Kier alpha value is -1.42. The van der Waals surface area contributed by atoms with E-state index in [-0.39, 0.29) is 12.5 Å². The summed E-state index contributed by atoms with van der Waals surface area (Å²) in [5.41, 5.74) is 1.88. The van der Waals surface area contributed by atoms with Crippen LogP contribution in [0.3, 0.4) is 0 Å². The lowest BCUT2D eigenvalue weighted by atomic mass is 10.1. The summed E-state index contributed by atoms with van der Waals surface area (Å²) < 4.78 is 0. The Bertz CT molecular complexity index is 644. The molecule has 0 saturated heterocycles. The molecule has 0 atom stereocenters. The lowest BCUT2D eigenvalue weighted by Crippen LogP contribution is -2.31. The first-order chi connectivity index (χ1) is 10.5. The summed E-state index contributed by atoms with van der Waals surface area (Å²) in [6.07, 6.45) is 0.760. The quantitative estimate of drug-likeness (QED) is 0.803. The summed E-state index contributed by atoms with van der Waals surface area (Å²) in [5, 5.41) is 7.49. The van der Waals surface area contributed by atoms with Crippen LogP contribution in [-0.4, -0.2) is 19.0 Å². The van der Waals surface area contributed by atoms with Gasteiger partial charge in [-0.1, -0.05) is 46.9 Å². The molecule has 0 aliphatic heterocycles. The molecule has 0 spiro atoms. The number of carbonyl (C=O) groups excluding carboxylic acids is 1. The molecule has 1 amide bonds. The molecule has 0 saturated carbocycles. The highest BCUT2D eigenvalue weighted by molar-refractivity contribution is 6.42. The summed E-state index contributed by atoms with van der Waals surface area (Å²) in [4.78, 5) is 11.8. The van der Waals surface area contributed by atoms with E-state index in [0.29, 0.717) is 21.6 Å². The second kappa shape index (κ2) is 8.28. The number of nitrogens with one attached hydrogen (secondary N) is 2. The molecule has 116 valence electrons. The van der Waals surface area contributed by atoms with Gasteiger partial charge < -0.3 is 10.6 Å². The van der Waals surface area contributed by atoms with E-state index in [1.54, 1.807) is 18.2 Å². The van der Waals surface area contributed by atoms with Crippen LogP contribution in [-0.2, 0) is 11.2 Å². The molecule has 0 aliphatic carbocycles. The van der Waals surface area contributed by atoms with E-state index in [0.717, 1.165) is 17.7 Å². The van der Waals surface area contributed by atoms with Crippen LogP contribution >= 0.6 is 34.8 Å². The van der Waals surface area contributed by atoms with Gasteiger partial charge in [-0.25, -0.2) is 0 Å². The summed E-state index contributed by atoms with van der Waals surface area (Å²) in [5.74, 6) is -0.0833. The van der Waals surface area contributed by atoms with Gasteiger partial charge in [-0.15, -0.1) is 0 Å². The average Bonchev–Trinajstić information content (AvgIpc) is 2.50. The Labute approximate surface area is 144 Å². The monoisotopic (exact) mass is 356 g/mol. The van der Waals surface area contributed by atoms with Crippen molar-refractivity contribution in [2.24, 2.45) is 0 Å². The molecule has 0 aliphatic rings. The van der Waals surface area contributed by atoms with Gasteiger partial charge in [0.25, 0.3) is 0 Å². The lowest BCUT2D eigenvalue weighted by molar-refractivity contribution is -0.119. The van der Waals surface area contributed by atoms with Crippen molar-refractivity contribution in [3.05, 3.63) is 63.1 Å². The van der Waals surface area contributed by atoms with Crippen LogP contribution in [0.1, 0.15) is 5.56 Å². The Kier molecular flexibility index (Phi) is 6.37. The zero-order valence-corrected chi connectivity index (χ0v) is 14.0. The van der Waals surface area contributed by atoms with Crippen molar-refractivity contribution >= 4 is 46.4 Å². The maximum absolute atomic E-state index is 11.8. The number of benzene rings is 2. The minimum atomic E-state index is -0.0833. The fraction of sp³-hybridized carbons (Fsp3) is 0.188. The van der Waals surface area contributed by atoms with Crippen LogP contribution in [0.15, 0.2) is 42.5 Å². The van der Waals surface area contributed by atoms with Gasteiger partial charge in [0, 0.05) is 17.3 Å². The smallest absolute Gasteiger partial charge is 0.239 e. The third-order valence-electron chi connectivity index (χ3n) is 3.02. The zero-order valence-electron chi connectivity index (χ0n) is 11.7. The third kappa shape index (κ3) is 5.41. The Morgan fingerprint density at radius 1 is 0.955 bits per heavy atom. The molecule has 2 N–H and O–H groups in total. The van der Waals surface area contributed by atoms with E-state index in [1.165, 1.54) is 0 Å². The SMILES string of the molecule is O=C(CNc1ccc(Cl)c(Cl)c1)NCCc1ccc(Cl)cc1. The van der Waals surface area contributed by atoms with Gasteiger partial charge in [-0.2, -0.15) is 0 Å². The van der Waals surface area contributed by atoms with Crippen molar-refractivity contribution < 1.29 is 4.79 Å². The van der Waals surface area contributed by atoms with Gasteiger partial charge >= 0.3 is 0 Å². The summed E-state index contributed by atoms with van der Waals surface area (Å²) in [6.45, 7) is 0.752. The normalized spacial score (nSPS) is 10.3. The van der Waals surface area contributed by atoms with Crippen LogP contribution in [0.25, 0.3) is 0 Å². The van der Waals surface area contributed by atoms with Gasteiger partial charge in [0.1, 0.15) is 0 Å². The number of anilines is 1. The predicted octanol–water partition coefficient (Wildman–Crippen LogP) is 4.42. The highest BCUT2D eigenvalue weighted by atomic mass is 35.5. The predicted molar refractivity (Wildman–Crippen MR) is 93.1 cm³/mol. The molecular weight excluding hydrogens is 343 g/mol. The van der Waals surface area contributed by atoms with Crippen LogP contribution in [0.2, 0.25) is 15.1 Å². The molecule has 3 nitrogen and oxygen atoms in total. The summed E-state index contributed by atoms with van der Waals surface area (Å²) >= 11 is 17.6. The number of halogens is 3. The molecule has 2 aromatic carbocycles. The van der Waals surface area contributed by atoms with Gasteiger partial charge in [0.05, 0.1) is 16.6 Å². The van der Waals surface area contributed by atoms with Crippen molar-refractivity contribution in [3.8, 4) is 0 Å². The van der Waals surface area contributed by atoms with E-state index >= 15 is 0 Å². The second-order valence-corrected chi connectivity index (χ2v) is 5.96. The first-order valence-electron chi connectivity index (χ1n) is 6.74. The van der Waals surface area contributed by atoms with Gasteiger partial charge in [0.15, 0.2) is 0 Å². The van der Waals surface area contributed by atoms with Gasteiger partial charge in [-0.3, -0.25) is 4.79 Å². The Morgan fingerprint density at radius 3 is 2.36 bits per heavy atom. The first-order valence-corrected chi connectivity index (χ1v) is 7.88. The van der Waals surface area contributed by atoms with Crippen molar-refractivity contribution in [1.82, 2.24) is 5.32 Å². The number of amides is 1.